The molecule has 3 aromatic carbocycles. The van der Waals surface area contributed by atoms with Crippen LogP contribution in [0.3, 0.4) is 0 Å². The Morgan fingerprint density at radius 3 is 2.16 bits per heavy atom. The van der Waals surface area contributed by atoms with E-state index >= 15 is 0 Å². The molecule has 0 N–H and O–H groups in total. The number of nitrogens with zero attached hydrogens (tertiary/aromatic N) is 2. The maximum atomic E-state index is 13.8. The number of rotatable bonds is 9. The Labute approximate surface area is 272 Å². The smallest absolute Gasteiger partial charge is 0.340 e. The van der Waals surface area contributed by atoms with Gasteiger partial charge in [0.25, 0.3) is 5.91 Å². The van der Waals surface area contributed by atoms with E-state index in [1.54, 1.807) is 55.5 Å². The van der Waals surface area contributed by atoms with Crippen LogP contribution in [0.4, 0.5) is 5.69 Å². The second kappa shape index (κ2) is 13.1. The minimum atomic E-state index is -3.91. The largest absolute Gasteiger partial charge is 0.465 e. The highest BCUT2D eigenvalue weighted by Gasteiger charge is 2.38. The molecule has 0 radical (unpaired) electrons. The first-order valence-electron chi connectivity index (χ1n) is 13.9. The molecule has 5 rings (SSSR count). The molecule has 1 amide bonds. The average Bonchev–Trinajstić information content (AvgIpc) is 3.55. The number of methoxy groups -OCH3 is 1. The Morgan fingerprint density at radius 1 is 0.889 bits per heavy atom. The van der Waals surface area contributed by atoms with E-state index in [-0.39, 0.29) is 39.9 Å². The number of halogens is 2. The minimum Gasteiger partial charge on any atom is -0.465 e. The van der Waals surface area contributed by atoms with Crippen LogP contribution in [0, 0.1) is 13.8 Å². The fourth-order valence-corrected chi connectivity index (χ4v) is 6.66. The van der Waals surface area contributed by atoms with Crippen LogP contribution in [0.5, 0.6) is 0 Å². The second-order valence-corrected chi connectivity index (χ2v) is 13.4. The predicted octanol–water partition coefficient (Wildman–Crippen LogP) is 7.47. The third-order valence-corrected chi connectivity index (χ3v) is 9.94. The molecule has 1 aliphatic heterocycles. The number of esters is 1. The lowest BCUT2D eigenvalue weighted by molar-refractivity contribution is -0.136. The van der Waals surface area contributed by atoms with Gasteiger partial charge in [-0.25, -0.2) is 13.2 Å². The first-order chi connectivity index (χ1) is 21.4. The maximum absolute atomic E-state index is 13.8. The van der Waals surface area contributed by atoms with Crippen molar-refractivity contribution >= 4 is 56.9 Å². The van der Waals surface area contributed by atoms with Crippen LogP contribution < -0.4 is 4.90 Å². The van der Waals surface area contributed by atoms with E-state index < -0.39 is 21.9 Å². The number of sulfonamides is 1. The molecule has 0 spiro atoms. The molecule has 232 valence electrons. The predicted molar refractivity (Wildman–Crippen MR) is 174 cm³/mol. The summed E-state index contributed by atoms with van der Waals surface area (Å²) in [5, 5.41) is 0.569. The lowest BCUT2D eigenvalue weighted by atomic mass is 10.1. The van der Waals surface area contributed by atoms with Crippen LogP contribution in [-0.4, -0.2) is 31.7 Å². The molecule has 0 bridgehead atoms. The summed E-state index contributed by atoms with van der Waals surface area (Å²) in [6.07, 6.45) is 1.44. The number of amides is 1. The number of anilines is 1. The summed E-state index contributed by atoms with van der Waals surface area (Å²) in [5.41, 5.74) is 3.70. The molecule has 2 heterocycles. The number of hydrogen-bond donors (Lipinski definition) is 0. The topological polar surface area (TPSA) is 97.1 Å². The molecule has 0 saturated carbocycles. The fourth-order valence-electron chi connectivity index (χ4n) is 4.97. The summed E-state index contributed by atoms with van der Waals surface area (Å²) in [4.78, 5) is 28.0. The van der Waals surface area contributed by atoms with Crippen molar-refractivity contribution in [2.24, 2.45) is 0 Å². The highest BCUT2D eigenvalue weighted by Crippen LogP contribution is 2.38. The Balaban J connectivity index is 1.49. The Hall–Kier alpha value is -4.15. The van der Waals surface area contributed by atoms with Gasteiger partial charge < -0.3 is 9.15 Å². The Morgan fingerprint density at radius 2 is 1.53 bits per heavy atom. The molecule has 1 aliphatic rings. The number of hydrogen-bond acceptors (Lipinski definition) is 6. The van der Waals surface area contributed by atoms with Crippen molar-refractivity contribution in [1.29, 1.82) is 0 Å². The summed E-state index contributed by atoms with van der Waals surface area (Å²) < 4.78 is 40.0. The highest BCUT2D eigenvalue weighted by molar-refractivity contribution is 7.89. The molecular formula is C34H30Cl2N2O6S. The van der Waals surface area contributed by atoms with Gasteiger partial charge in [0.15, 0.2) is 0 Å². The van der Waals surface area contributed by atoms with Gasteiger partial charge >= 0.3 is 5.97 Å². The Bertz CT molecular complexity index is 1940. The summed E-state index contributed by atoms with van der Waals surface area (Å²) >= 11 is 12.3. The second-order valence-electron chi connectivity index (χ2n) is 10.6. The van der Waals surface area contributed by atoms with E-state index in [4.69, 9.17) is 32.4 Å². The van der Waals surface area contributed by atoms with Crippen molar-refractivity contribution < 1.29 is 27.2 Å². The van der Waals surface area contributed by atoms with Crippen molar-refractivity contribution in [3.63, 3.8) is 0 Å². The molecule has 0 unspecified atom stereocenters. The van der Waals surface area contributed by atoms with Crippen LogP contribution in [0.2, 0.25) is 10.0 Å². The third kappa shape index (κ3) is 6.77. The number of ether oxygens (including phenoxy) is 1. The van der Waals surface area contributed by atoms with Crippen LogP contribution >= 0.6 is 23.2 Å². The zero-order chi connectivity index (χ0) is 32.5. The third-order valence-electron chi connectivity index (χ3n) is 7.39. The number of carbonyl (C=O) groups is 2. The maximum Gasteiger partial charge on any atom is 0.340 e. The van der Waals surface area contributed by atoms with Crippen molar-refractivity contribution in [2.45, 2.75) is 38.8 Å². The van der Waals surface area contributed by atoms with Crippen molar-refractivity contribution in [2.75, 3.05) is 12.0 Å². The van der Waals surface area contributed by atoms with Crippen LogP contribution in [0.1, 0.15) is 35.1 Å². The van der Waals surface area contributed by atoms with Crippen LogP contribution in [-0.2, 0) is 37.4 Å². The normalized spacial score (nSPS) is 14.6. The van der Waals surface area contributed by atoms with E-state index in [1.165, 1.54) is 28.5 Å². The molecule has 4 aromatic rings. The highest BCUT2D eigenvalue weighted by atomic mass is 35.5. The van der Waals surface area contributed by atoms with Gasteiger partial charge in [-0.15, -0.1) is 0 Å². The molecule has 0 atom stereocenters. The van der Waals surface area contributed by atoms with Gasteiger partial charge in [-0.1, -0.05) is 70.7 Å². The number of benzene rings is 3. The summed E-state index contributed by atoms with van der Waals surface area (Å²) in [6, 6.07) is 22.3. The summed E-state index contributed by atoms with van der Waals surface area (Å²) in [7, 11) is -2.68. The van der Waals surface area contributed by atoms with E-state index in [2.05, 4.69) is 0 Å². The van der Waals surface area contributed by atoms with Gasteiger partial charge in [0.2, 0.25) is 10.0 Å². The molecular weight excluding hydrogens is 635 g/mol. The quantitative estimate of drug-likeness (QED) is 0.136. The van der Waals surface area contributed by atoms with Crippen molar-refractivity contribution in [3.8, 4) is 0 Å². The molecule has 0 saturated heterocycles. The first-order valence-corrected chi connectivity index (χ1v) is 16.1. The van der Waals surface area contributed by atoms with Crippen LogP contribution in [0.15, 0.2) is 105 Å². The lowest BCUT2D eigenvalue weighted by Gasteiger charge is -2.21. The lowest BCUT2D eigenvalue weighted by Crippen LogP contribution is -2.30. The fraction of sp³-hybridized carbons (Fsp3) is 0.176. The first kappa shape index (κ1) is 32.2. The number of carbonyl (C=O) groups excluding carboxylic acids is 2. The van der Waals surface area contributed by atoms with Gasteiger partial charge in [-0.2, -0.15) is 4.31 Å². The molecule has 11 heteroatoms. The Kier molecular flexibility index (Phi) is 9.36. The van der Waals surface area contributed by atoms with Gasteiger partial charge in [0.05, 0.1) is 45.4 Å². The van der Waals surface area contributed by atoms with E-state index in [9.17, 15) is 18.0 Å². The molecule has 0 fully saturated rings. The average molecular weight is 666 g/mol. The van der Waals surface area contributed by atoms with Gasteiger partial charge in [0.1, 0.15) is 11.5 Å². The van der Waals surface area contributed by atoms with Gasteiger partial charge in [0, 0.05) is 12.2 Å². The zero-order valence-electron chi connectivity index (χ0n) is 25.0. The number of allylic oxidation sites excluding steroid dienone is 1. The van der Waals surface area contributed by atoms with Gasteiger partial charge in [-0.3, -0.25) is 9.69 Å². The van der Waals surface area contributed by atoms with E-state index in [0.29, 0.717) is 22.2 Å². The zero-order valence-corrected chi connectivity index (χ0v) is 27.3. The van der Waals surface area contributed by atoms with Crippen LogP contribution in [0.25, 0.3) is 6.08 Å². The SMILES string of the molecule is COC(=O)C1=C(C)N(c2ccc(Cl)c(Cl)c2)C(=O)/C1=C/c1ccc(CN(Cc2ccc(C)cc2)S(=O)(=O)c2ccc(C)cc2)o1. The van der Waals surface area contributed by atoms with E-state index in [0.717, 1.165) is 16.7 Å². The molecule has 1 aromatic heterocycles. The number of aryl methyl sites for hydroxylation is 2. The minimum absolute atomic E-state index is 0.0510. The molecule has 8 nitrogen and oxygen atoms in total. The van der Waals surface area contributed by atoms with Gasteiger partial charge in [-0.05, 0) is 74.9 Å². The van der Waals surface area contributed by atoms with Crippen molar-refractivity contribution in [1.82, 2.24) is 4.31 Å². The number of furan rings is 1. The monoisotopic (exact) mass is 664 g/mol. The molecule has 0 aliphatic carbocycles. The summed E-state index contributed by atoms with van der Waals surface area (Å²) in [5.74, 6) is -0.597. The van der Waals surface area contributed by atoms with Crippen molar-refractivity contribution in [3.05, 3.63) is 134 Å². The summed E-state index contributed by atoms with van der Waals surface area (Å²) in [6.45, 7) is 5.51. The van der Waals surface area contributed by atoms with E-state index in [1.807, 2.05) is 38.1 Å². The standard InChI is InChI=1S/C34H30Cl2N2O6S/c1-21-5-9-24(10-6-21)19-37(45(41,42)28-14-7-22(2)8-15-28)20-27-13-12-26(44-27)18-29-32(34(40)43-4)23(3)38(33(29)39)25-11-16-30(35)31(36)17-25/h5-18H,19-20H2,1-4H3/b29-18+. The molecule has 45 heavy (non-hydrogen) atoms.